The number of ether oxygens (including phenoxy) is 1. The summed E-state index contributed by atoms with van der Waals surface area (Å²) in [6.45, 7) is 1.99. The number of hydrogen-bond donors (Lipinski definition) is 0. The Morgan fingerprint density at radius 1 is 1.12 bits per heavy atom. The molecule has 0 aliphatic carbocycles. The maximum absolute atomic E-state index is 12.9. The molecule has 1 aromatic heterocycles. The van der Waals surface area contributed by atoms with E-state index >= 15 is 0 Å². The van der Waals surface area contributed by atoms with Crippen LogP contribution in [0.15, 0.2) is 60.8 Å². The summed E-state index contributed by atoms with van der Waals surface area (Å²) in [5.41, 5.74) is 2.00. The van der Waals surface area contributed by atoms with Crippen LogP contribution in [0.25, 0.3) is 10.6 Å². The van der Waals surface area contributed by atoms with Crippen molar-refractivity contribution in [2.24, 2.45) is 0 Å². The summed E-state index contributed by atoms with van der Waals surface area (Å²) < 4.78 is 5.42. The number of hydrogen-bond acceptors (Lipinski definition) is 4. The van der Waals surface area contributed by atoms with Crippen LogP contribution in [0.4, 0.5) is 0 Å². The number of amides is 1. The zero-order chi connectivity index (χ0) is 17.8. The van der Waals surface area contributed by atoms with Gasteiger partial charge in [0.2, 0.25) is 0 Å². The van der Waals surface area contributed by atoms with Gasteiger partial charge in [-0.15, -0.1) is 11.3 Å². The molecular formula is C20H20N2O2S. The topological polar surface area (TPSA) is 42.4 Å². The molecule has 0 N–H and O–H groups in total. The minimum Gasteiger partial charge on any atom is -0.496 e. The summed E-state index contributed by atoms with van der Waals surface area (Å²) in [5.74, 6) is 0.738. The van der Waals surface area contributed by atoms with Gasteiger partial charge in [-0.3, -0.25) is 4.79 Å². The molecule has 0 radical (unpaired) electrons. The average molecular weight is 352 g/mol. The van der Waals surface area contributed by atoms with Crippen LogP contribution in [0.3, 0.4) is 0 Å². The Morgan fingerprint density at radius 2 is 1.80 bits per heavy atom. The summed E-state index contributed by atoms with van der Waals surface area (Å²) >= 11 is 1.41. The molecule has 1 unspecified atom stereocenters. The maximum Gasteiger partial charge on any atom is 0.265 e. The molecule has 3 rings (SSSR count). The summed E-state index contributed by atoms with van der Waals surface area (Å²) in [7, 11) is 3.45. The normalized spacial score (nSPS) is 11.8. The first kappa shape index (κ1) is 17.2. The second-order valence-electron chi connectivity index (χ2n) is 5.73. The number of nitrogens with zero attached hydrogens (tertiary/aromatic N) is 2. The third-order valence-electron chi connectivity index (χ3n) is 4.23. The molecule has 4 nitrogen and oxygen atoms in total. The third kappa shape index (κ3) is 3.56. The van der Waals surface area contributed by atoms with Crippen molar-refractivity contribution in [1.29, 1.82) is 0 Å². The van der Waals surface area contributed by atoms with E-state index in [1.807, 2.05) is 61.5 Å². The van der Waals surface area contributed by atoms with Crippen LogP contribution >= 0.6 is 11.3 Å². The molecule has 128 valence electrons. The standard InChI is InChI=1S/C20H20N2O2S/c1-14(16-11-7-8-12-17(16)24-3)22(2)20(23)18-13-21-19(25-18)15-9-5-4-6-10-15/h4-14H,1-3H3. The van der Waals surface area contributed by atoms with Gasteiger partial charge >= 0.3 is 0 Å². The van der Waals surface area contributed by atoms with Crippen LogP contribution < -0.4 is 4.74 Å². The molecule has 0 saturated carbocycles. The minimum atomic E-state index is -0.106. The number of methoxy groups -OCH3 is 1. The van der Waals surface area contributed by atoms with Gasteiger partial charge in [-0.2, -0.15) is 0 Å². The van der Waals surface area contributed by atoms with Crippen LogP contribution in [0.2, 0.25) is 0 Å². The molecule has 0 spiro atoms. The highest BCUT2D eigenvalue weighted by molar-refractivity contribution is 7.16. The lowest BCUT2D eigenvalue weighted by molar-refractivity contribution is 0.0745. The molecule has 0 aliphatic rings. The quantitative estimate of drug-likeness (QED) is 0.671. The highest BCUT2D eigenvalue weighted by atomic mass is 32.1. The number of para-hydroxylation sites is 1. The lowest BCUT2D eigenvalue weighted by Gasteiger charge is -2.26. The Morgan fingerprint density at radius 3 is 2.52 bits per heavy atom. The van der Waals surface area contributed by atoms with Crippen LogP contribution in [0.5, 0.6) is 5.75 Å². The molecule has 5 heteroatoms. The van der Waals surface area contributed by atoms with Crippen LogP contribution in [0.1, 0.15) is 28.2 Å². The van der Waals surface area contributed by atoms with Crippen LogP contribution in [-0.4, -0.2) is 29.9 Å². The van der Waals surface area contributed by atoms with Gasteiger partial charge in [0.1, 0.15) is 15.6 Å². The lowest BCUT2D eigenvalue weighted by atomic mass is 10.1. The molecule has 1 amide bonds. The van der Waals surface area contributed by atoms with Gasteiger partial charge in [-0.05, 0) is 13.0 Å². The van der Waals surface area contributed by atoms with Crippen molar-refractivity contribution in [2.75, 3.05) is 14.2 Å². The van der Waals surface area contributed by atoms with Gasteiger partial charge in [0.15, 0.2) is 0 Å². The fourth-order valence-electron chi connectivity index (χ4n) is 2.66. The van der Waals surface area contributed by atoms with Crippen molar-refractivity contribution < 1.29 is 9.53 Å². The van der Waals surface area contributed by atoms with Gasteiger partial charge in [0.05, 0.1) is 19.3 Å². The monoisotopic (exact) mass is 352 g/mol. The SMILES string of the molecule is COc1ccccc1C(C)N(C)C(=O)c1cnc(-c2ccccc2)s1. The van der Waals surface area contributed by atoms with E-state index in [2.05, 4.69) is 4.98 Å². The summed E-state index contributed by atoms with van der Waals surface area (Å²) in [4.78, 5) is 19.6. The summed E-state index contributed by atoms with van der Waals surface area (Å²) in [6, 6.07) is 17.5. The van der Waals surface area contributed by atoms with Gasteiger partial charge < -0.3 is 9.64 Å². The van der Waals surface area contributed by atoms with Crippen molar-refractivity contribution in [3.8, 4) is 16.3 Å². The number of benzene rings is 2. The van der Waals surface area contributed by atoms with Crippen molar-refractivity contribution in [3.63, 3.8) is 0 Å². The largest absolute Gasteiger partial charge is 0.496 e. The average Bonchev–Trinajstić information content (AvgIpc) is 3.17. The molecule has 1 atom stereocenters. The van der Waals surface area contributed by atoms with Gasteiger partial charge in [-0.25, -0.2) is 4.98 Å². The Balaban J connectivity index is 1.82. The predicted molar refractivity (Wildman–Crippen MR) is 101 cm³/mol. The van der Waals surface area contributed by atoms with E-state index in [1.165, 1.54) is 11.3 Å². The maximum atomic E-state index is 12.9. The summed E-state index contributed by atoms with van der Waals surface area (Å²) in [6.07, 6.45) is 1.65. The molecule has 0 fully saturated rings. The van der Waals surface area contributed by atoms with E-state index < -0.39 is 0 Å². The highest BCUT2D eigenvalue weighted by Gasteiger charge is 2.23. The molecule has 2 aromatic carbocycles. The first-order valence-electron chi connectivity index (χ1n) is 8.03. The first-order chi connectivity index (χ1) is 12.1. The molecule has 0 bridgehead atoms. The molecular weight excluding hydrogens is 332 g/mol. The predicted octanol–water partition coefficient (Wildman–Crippen LogP) is 4.65. The van der Waals surface area contributed by atoms with Crippen molar-refractivity contribution in [1.82, 2.24) is 9.88 Å². The second kappa shape index (κ2) is 7.49. The van der Waals surface area contributed by atoms with E-state index in [4.69, 9.17) is 4.74 Å². The van der Waals surface area contributed by atoms with Gasteiger partial charge in [0.25, 0.3) is 5.91 Å². The molecule has 0 saturated heterocycles. The van der Waals surface area contributed by atoms with Crippen LogP contribution in [0, 0.1) is 0 Å². The Labute approximate surface area is 151 Å². The molecule has 1 heterocycles. The smallest absolute Gasteiger partial charge is 0.265 e. The third-order valence-corrected chi connectivity index (χ3v) is 5.26. The zero-order valence-electron chi connectivity index (χ0n) is 14.5. The fraction of sp³-hybridized carbons (Fsp3) is 0.200. The van der Waals surface area contributed by atoms with E-state index in [9.17, 15) is 4.79 Å². The Kier molecular flexibility index (Phi) is 5.14. The van der Waals surface area contributed by atoms with Crippen molar-refractivity contribution >= 4 is 17.2 Å². The van der Waals surface area contributed by atoms with E-state index in [0.717, 1.165) is 21.9 Å². The van der Waals surface area contributed by atoms with E-state index in [1.54, 1.807) is 25.3 Å². The fourth-order valence-corrected chi connectivity index (χ4v) is 3.56. The zero-order valence-corrected chi connectivity index (χ0v) is 15.3. The number of rotatable bonds is 5. The van der Waals surface area contributed by atoms with E-state index in [-0.39, 0.29) is 11.9 Å². The first-order valence-corrected chi connectivity index (χ1v) is 8.84. The Hall–Kier alpha value is -2.66. The summed E-state index contributed by atoms with van der Waals surface area (Å²) in [5, 5.41) is 0.849. The second-order valence-corrected chi connectivity index (χ2v) is 6.76. The molecule has 25 heavy (non-hydrogen) atoms. The number of thiazole rings is 1. The Bertz CT molecular complexity index is 861. The van der Waals surface area contributed by atoms with Gasteiger partial charge in [-0.1, -0.05) is 48.5 Å². The molecule has 0 aliphatic heterocycles. The number of aromatic nitrogens is 1. The number of carbonyl (C=O) groups excluding carboxylic acids is 1. The minimum absolute atomic E-state index is 0.0434. The van der Waals surface area contributed by atoms with E-state index in [0.29, 0.717) is 4.88 Å². The van der Waals surface area contributed by atoms with Crippen molar-refractivity contribution in [3.05, 3.63) is 71.2 Å². The highest BCUT2D eigenvalue weighted by Crippen LogP contribution is 2.31. The number of carbonyl (C=O) groups is 1. The van der Waals surface area contributed by atoms with Crippen molar-refractivity contribution in [2.45, 2.75) is 13.0 Å². The molecule has 3 aromatic rings. The van der Waals surface area contributed by atoms with Crippen LogP contribution in [-0.2, 0) is 0 Å². The van der Waals surface area contributed by atoms with Gasteiger partial charge in [0, 0.05) is 18.2 Å². The lowest BCUT2D eigenvalue weighted by Crippen LogP contribution is -2.29.